The number of benzene rings is 1. The molecule has 13 heavy (non-hydrogen) atoms. The highest BCUT2D eigenvalue weighted by molar-refractivity contribution is 6.31. The van der Waals surface area contributed by atoms with Crippen molar-refractivity contribution in [1.29, 1.82) is 0 Å². The van der Waals surface area contributed by atoms with Gasteiger partial charge in [-0.25, -0.2) is 10.3 Å². The molecule has 1 aromatic carbocycles. The van der Waals surface area contributed by atoms with Crippen LogP contribution in [0, 0.1) is 5.82 Å². The SMILES string of the molecule is NOCCc1c(Cl)ccc(F)c1O. The van der Waals surface area contributed by atoms with Gasteiger partial charge in [-0.2, -0.15) is 0 Å². The van der Waals surface area contributed by atoms with E-state index in [9.17, 15) is 9.50 Å². The van der Waals surface area contributed by atoms with Gasteiger partial charge in [0.1, 0.15) is 0 Å². The van der Waals surface area contributed by atoms with Crippen LogP contribution in [0.25, 0.3) is 0 Å². The Morgan fingerprint density at radius 2 is 2.23 bits per heavy atom. The van der Waals surface area contributed by atoms with Crippen molar-refractivity contribution in [3.8, 4) is 5.75 Å². The van der Waals surface area contributed by atoms with Crippen molar-refractivity contribution in [2.24, 2.45) is 5.90 Å². The van der Waals surface area contributed by atoms with E-state index in [-0.39, 0.29) is 13.0 Å². The summed E-state index contributed by atoms with van der Waals surface area (Å²) in [6.07, 6.45) is 0.277. The van der Waals surface area contributed by atoms with E-state index < -0.39 is 11.6 Å². The monoisotopic (exact) mass is 205 g/mol. The van der Waals surface area contributed by atoms with Gasteiger partial charge in [0, 0.05) is 17.0 Å². The van der Waals surface area contributed by atoms with Gasteiger partial charge in [-0.1, -0.05) is 11.6 Å². The number of rotatable bonds is 3. The lowest BCUT2D eigenvalue weighted by atomic mass is 10.1. The molecule has 0 saturated heterocycles. The van der Waals surface area contributed by atoms with E-state index in [2.05, 4.69) is 4.84 Å². The van der Waals surface area contributed by atoms with Gasteiger partial charge in [0.25, 0.3) is 0 Å². The van der Waals surface area contributed by atoms with E-state index in [4.69, 9.17) is 17.5 Å². The van der Waals surface area contributed by atoms with E-state index in [0.29, 0.717) is 10.6 Å². The van der Waals surface area contributed by atoms with Gasteiger partial charge in [0.2, 0.25) is 0 Å². The summed E-state index contributed by atoms with van der Waals surface area (Å²) < 4.78 is 12.8. The molecule has 0 aliphatic heterocycles. The van der Waals surface area contributed by atoms with Crippen LogP contribution in [-0.2, 0) is 11.3 Å². The van der Waals surface area contributed by atoms with Crippen LogP contribution in [0.5, 0.6) is 5.75 Å². The van der Waals surface area contributed by atoms with Gasteiger partial charge < -0.3 is 9.94 Å². The predicted molar refractivity (Wildman–Crippen MR) is 46.9 cm³/mol. The van der Waals surface area contributed by atoms with Crippen molar-refractivity contribution in [3.63, 3.8) is 0 Å². The number of phenols is 1. The normalized spacial score (nSPS) is 10.4. The lowest BCUT2D eigenvalue weighted by Gasteiger charge is -2.06. The average Bonchev–Trinajstić information content (AvgIpc) is 2.12. The molecular formula is C8H9ClFNO2. The van der Waals surface area contributed by atoms with Gasteiger partial charge in [-0.3, -0.25) is 0 Å². The molecule has 0 heterocycles. The Hall–Kier alpha value is -0.840. The van der Waals surface area contributed by atoms with E-state index in [1.807, 2.05) is 0 Å². The third kappa shape index (κ3) is 2.30. The minimum Gasteiger partial charge on any atom is -0.505 e. The predicted octanol–water partition coefficient (Wildman–Crippen LogP) is 1.62. The first-order valence-electron chi connectivity index (χ1n) is 3.64. The van der Waals surface area contributed by atoms with Crippen molar-refractivity contribution in [1.82, 2.24) is 0 Å². The Kier molecular flexibility index (Phi) is 3.48. The minimum absolute atomic E-state index is 0.177. The second-order valence-electron chi connectivity index (χ2n) is 2.48. The average molecular weight is 206 g/mol. The van der Waals surface area contributed by atoms with Crippen molar-refractivity contribution in [2.75, 3.05) is 6.61 Å². The Labute approximate surface area is 79.8 Å². The fraction of sp³-hybridized carbons (Fsp3) is 0.250. The Bertz CT molecular complexity index is 306. The minimum atomic E-state index is -0.698. The molecule has 1 rings (SSSR count). The first-order chi connectivity index (χ1) is 6.16. The molecule has 0 saturated carbocycles. The molecular weight excluding hydrogens is 197 g/mol. The van der Waals surface area contributed by atoms with Crippen molar-refractivity contribution in [3.05, 3.63) is 28.5 Å². The van der Waals surface area contributed by atoms with Crippen LogP contribution in [0.3, 0.4) is 0 Å². The van der Waals surface area contributed by atoms with E-state index in [1.165, 1.54) is 6.07 Å². The van der Waals surface area contributed by atoms with Crippen LogP contribution in [0.1, 0.15) is 5.56 Å². The molecule has 0 bridgehead atoms. The Morgan fingerprint density at radius 3 is 2.85 bits per heavy atom. The molecule has 72 valence electrons. The maximum absolute atomic E-state index is 12.8. The molecule has 3 N–H and O–H groups in total. The summed E-state index contributed by atoms with van der Waals surface area (Å²) in [4.78, 5) is 4.30. The smallest absolute Gasteiger partial charge is 0.165 e. The van der Waals surface area contributed by atoms with Gasteiger partial charge in [0.15, 0.2) is 11.6 Å². The summed E-state index contributed by atoms with van der Waals surface area (Å²) in [5.74, 6) is 3.66. The molecule has 0 atom stereocenters. The van der Waals surface area contributed by atoms with Crippen LogP contribution < -0.4 is 5.90 Å². The number of hydrogen-bond donors (Lipinski definition) is 2. The zero-order valence-electron chi connectivity index (χ0n) is 6.76. The molecule has 3 nitrogen and oxygen atoms in total. The quantitative estimate of drug-likeness (QED) is 0.738. The zero-order chi connectivity index (χ0) is 9.84. The second-order valence-corrected chi connectivity index (χ2v) is 2.88. The molecule has 0 aromatic heterocycles. The topological polar surface area (TPSA) is 55.5 Å². The van der Waals surface area contributed by atoms with E-state index in [1.54, 1.807) is 0 Å². The molecule has 0 spiro atoms. The van der Waals surface area contributed by atoms with Gasteiger partial charge in [0.05, 0.1) is 6.61 Å². The first-order valence-corrected chi connectivity index (χ1v) is 4.02. The molecule has 5 heteroatoms. The zero-order valence-corrected chi connectivity index (χ0v) is 7.51. The second kappa shape index (κ2) is 4.41. The van der Waals surface area contributed by atoms with Crippen LogP contribution in [0.2, 0.25) is 5.02 Å². The molecule has 0 aliphatic carbocycles. The largest absolute Gasteiger partial charge is 0.505 e. The number of aromatic hydroxyl groups is 1. The van der Waals surface area contributed by atoms with E-state index in [0.717, 1.165) is 6.07 Å². The van der Waals surface area contributed by atoms with Crippen LogP contribution in [0.4, 0.5) is 4.39 Å². The van der Waals surface area contributed by atoms with E-state index >= 15 is 0 Å². The number of halogens is 2. The number of hydrogen-bond acceptors (Lipinski definition) is 3. The third-order valence-electron chi connectivity index (χ3n) is 1.65. The Balaban J connectivity index is 2.96. The highest BCUT2D eigenvalue weighted by atomic mass is 35.5. The van der Waals surface area contributed by atoms with Crippen LogP contribution in [-0.4, -0.2) is 11.7 Å². The lowest BCUT2D eigenvalue weighted by Crippen LogP contribution is -2.04. The summed E-state index contributed by atoms with van der Waals surface area (Å²) in [6, 6.07) is 2.48. The van der Waals surface area contributed by atoms with Gasteiger partial charge >= 0.3 is 0 Å². The fourth-order valence-corrected chi connectivity index (χ4v) is 1.23. The number of phenolic OH excluding ortho intramolecular Hbond substituents is 1. The molecule has 0 amide bonds. The molecule has 0 fully saturated rings. The lowest BCUT2D eigenvalue weighted by molar-refractivity contribution is 0.140. The molecule has 0 unspecified atom stereocenters. The standard InChI is InChI=1S/C8H9ClFNO2/c9-6-1-2-7(10)8(12)5(6)3-4-13-11/h1-2,12H,3-4,11H2. The molecule has 0 aliphatic rings. The number of nitrogens with two attached hydrogens (primary N) is 1. The maximum atomic E-state index is 12.8. The maximum Gasteiger partial charge on any atom is 0.165 e. The summed E-state index contributed by atoms with van der Waals surface area (Å²) >= 11 is 5.71. The van der Waals surface area contributed by atoms with Gasteiger partial charge in [-0.15, -0.1) is 0 Å². The van der Waals surface area contributed by atoms with Crippen LogP contribution >= 0.6 is 11.6 Å². The van der Waals surface area contributed by atoms with Gasteiger partial charge in [-0.05, 0) is 12.1 Å². The third-order valence-corrected chi connectivity index (χ3v) is 2.00. The summed E-state index contributed by atoms with van der Waals surface area (Å²) in [6.45, 7) is 0.177. The van der Waals surface area contributed by atoms with Crippen molar-refractivity contribution < 1.29 is 14.3 Å². The summed E-state index contributed by atoms with van der Waals surface area (Å²) in [7, 11) is 0. The highest BCUT2D eigenvalue weighted by Crippen LogP contribution is 2.28. The van der Waals surface area contributed by atoms with Crippen molar-refractivity contribution >= 4 is 11.6 Å². The molecule has 0 radical (unpaired) electrons. The fourth-order valence-electron chi connectivity index (χ4n) is 0.982. The first kappa shape index (κ1) is 10.2. The van der Waals surface area contributed by atoms with Crippen LogP contribution in [0.15, 0.2) is 12.1 Å². The molecule has 1 aromatic rings. The summed E-state index contributed by atoms with van der Waals surface area (Å²) in [5, 5.41) is 9.55. The Morgan fingerprint density at radius 1 is 1.54 bits per heavy atom. The summed E-state index contributed by atoms with van der Waals surface area (Å²) in [5.41, 5.74) is 0.312. The highest BCUT2D eigenvalue weighted by Gasteiger charge is 2.10. The van der Waals surface area contributed by atoms with Crippen molar-refractivity contribution in [2.45, 2.75) is 6.42 Å².